The predicted molar refractivity (Wildman–Crippen MR) is 63.2 cm³/mol. The third-order valence-corrected chi connectivity index (χ3v) is 2.38. The molecular weight excluding hydrogens is 231 g/mol. The van der Waals surface area contributed by atoms with Crippen molar-refractivity contribution in [3.8, 4) is 0 Å². The molecule has 0 spiro atoms. The minimum atomic E-state index is -0.448. The van der Waals surface area contributed by atoms with Crippen molar-refractivity contribution in [2.75, 3.05) is 26.0 Å². The summed E-state index contributed by atoms with van der Waals surface area (Å²) in [5, 5.41) is 3.07. The van der Waals surface area contributed by atoms with Crippen molar-refractivity contribution in [1.29, 1.82) is 0 Å². The van der Waals surface area contributed by atoms with Gasteiger partial charge < -0.3 is 10.2 Å². The Hall–Kier alpha value is -1.29. The Kier molecular flexibility index (Phi) is 4.55. The van der Waals surface area contributed by atoms with Crippen LogP contribution in [0.4, 0.5) is 10.1 Å². The standard InChI is InChI=1S/C11H14ClFN2O/c1-15(2)11(16)5-6-14-8-3-4-10(13)9(12)7-8/h3-4,7,14H,5-6H2,1-2H3. The van der Waals surface area contributed by atoms with Crippen LogP contribution in [0.25, 0.3) is 0 Å². The van der Waals surface area contributed by atoms with Gasteiger partial charge in [-0.3, -0.25) is 4.79 Å². The first kappa shape index (κ1) is 12.8. The van der Waals surface area contributed by atoms with Crippen LogP contribution < -0.4 is 5.32 Å². The molecule has 0 aliphatic rings. The zero-order valence-electron chi connectivity index (χ0n) is 9.26. The molecule has 1 amide bonds. The van der Waals surface area contributed by atoms with Gasteiger partial charge >= 0.3 is 0 Å². The van der Waals surface area contributed by atoms with E-state index in [4.69, 9.17) is 11.6 Å². The van der Waals surface area contributed by atoms with Crippen LogP contribution in [0.15, 0.2) is 18.2 Å². The number of nitrogens with one attached hydrogen (secondary N) is 1. The zero-order chi connectivity index (χ0) is 12.1. The lowest BCUT2D eigenvalue weighted by molar-refractivity contribution is -0.128. The molecule has 1 rings (SSSR count). The van der Waals surface area contributed by atoms with E-state index in [0.717, 1.165) is 0 Å². The summed E-state index contributed by atoms with van der Waals surface area (Å²) in [6, 6.07) is 4.37. The lowest BCUT2D eigenvalue weighted by Gasteiger charge is -2.11. The van der Waals surface area contributed by atoms with E-state index in [1.807, 2.05) is 0 Å². The fraction of sp³-hybridized carbons (Fsp3) is 0.364. The largest absolute Gasteiger partial charge is 0.384 e. The number of hydrogen-bond acceptors (Lipinski definition) is 2. The summed E-state index contributed by atoms with van der Waals surface area (Å²) in [5.74, 6) is -0.405. The summed E-state index contributed by atoms with van der Waals surface area (Å²) in [7, 11) is 3.41. The van der Waals surface area contributed by atoms with Gasteiger partial charge in [0.25, 0.3) is 0 Å². The van der Waals surface area contributed by atoms with E-state index in [1.54, 1.807) is 20.2 Å². The highest BCUT2D eigenvalue weighted by molar-refractivity contribution is 6.31. The Bertz CT molecular complexity index is 382. The van der Waals surface area contributed by atoms with Crippen molar-refractivity contribution in [3.05, 3.63) is 29.0 Å². The molecule has 0 aliphatic heterocycles. The molecule has 0 fully saturated rings. The summed E-state index contributed by atoms with van der Waals surface area (Å²) >= 11 is 5.62. The second-order valence-corrected chi connectivity index (χ2v) is 4.00. The number of anilines is 1. The Morgan fingerprint density at radius 2 is 2.19 bits per heavy atom. The van der Waals surface area contributed by atoms with Gasteiger partial charge in [0, 0.05) is 32.7 Å². The van der Waals surface area contributed by atoms with E-state index in [2.05, 4.69) is 5.32 Å². The zero-order valence-corrected chi connectivity index (χ0v) is 10.0. The van der Waals surface area contributed by atoms with Crippen LogP contribution >= 0.6 is 11.6 Å². The predicted octanol–water partition coefficient (Wildman–Crippen LogP) is 2.37. The van der Waals surface area contributed by atoms with E-state index in [0.29, 0.717) is 18.7 Å². The highest BCUT2D eigenvalue weighted by Gasteiger charge is 2.04. The maximum atomic E-state index is 12.8. The molecule has 0 unspecified atom stereocenters. The van der Waals surface area contributed by atoms with Gasteiger partial charge in [-0.05, 0) is 18.2 Å². The number of amides is 1. The van der Waals surface area contributed by atoms with Crippen molar-refractivity contribution in [3.63, 3.8) is 0 Å². The number of rotatable bonds is 4. The molecule has 0 aliphatic carbocycles. The minimum Gasteiger partial charge on any atom is -0.384 e. The molecular formula is C11H14ClFN2O. The molecule has 0 saturated carbocycles. The van der Waals surface area contributed by atoms with E-state index < -0.39 is 5.82 Å². The van der Waals surface area contributed by atoms with Gasteiger partial charge in [-0.15, -0.1) is 0 Å². The first-order valence-corrected chi connectivity index (χ1v) is 5.27. The smallest absolute Gasteiger partial charge is 0.223 e. The SMILES string of the molecule is CN(C)C(=O)CCNc1ccc(F)c(Cl)c1. The van der Waals surface area contributed by atoms with E-state index in [1.165, 1.54) is 17.0 Å². The van der Waals surface area contributed by atoms with E-state index in [-0.39, 0.29) is 10.9 Å². The molecule has 0 aromatic heterocycles. The fourth-order valence-electron chi connectivity index (χ4n) is 1.14. The highest BCUT2D eigenvalue weighted by atomic mass is 35.5. The van der Waals surface area contributed by atoms with Crippen LogP contribution in [-0.4, -0.2) is 31.4 Å². The Morgan fingerprint density at radius 1 is 1.50 bits per heavy atom. The Morgan fingerprint density at radius 3 is 2.75 bits per heavy atom. The number of carbonyl (C=O) groups is 1. The average molecular weight is 245 g/mol. The lowest BCUT2D eigenvalue weighted by Crippen LogP contribution is -2.23. The van der Waals surface area contributed by atoms with Crippen molar-refractivity contribution in [2.45, 2.75) is 6.42 Å². The lowest BCUT2D eigenvalue weighted by atomic mass is 10.3. The van der Waals surface area contributed by atoms with E-state index in [9.17, 15) is 9.18 Å². The molecule has 0 radical (unpaired) electrons. The second-order valence-electron chi connectivity index (χ2n) is 3.59. The summed E-state index contributed by atoms with van der Waals surface area (Å²) in [5.41, 5.74) is 0.706. The van der Waals surface area contributed by atoms with Crippen LogP contribution in [0.5, 0.6) is 0 Å². The van der Waals surface area contributed by atoms with Crippen LogP contribution in [0.3, 0.4) is 0 Å². The van der Waals surface area contributed by atoms with Crippen molar-refractivity contribution in [1.82, 2.24) is 4.90 Å². The molecule has 1 N–H and O–H groups in total. The molecule has 1 aromatic carbocycles. The van der Waals surface area contributed by atoms with Gasteiger partial charge in [-0.2, -0.15) is 0 Å². The Labute approximate surface area is 99.2 Å². The first-order chi connectivity index (χ1) is 7.50. The number of benzene rings is 1. The Balaban J connectivity index is 2.43. The second kappa shape index (κ2) is 5.70. The van der Waals surface area contributed by atoms with E-state index >= 15 is 0 Å². The molecule has 88 valence electrons. The minimum absolute atomic E-state index is 0.0423. The first-order valence-electron chi connectivity index (χ1n) is 4.90. The maximum absolute atomic E-state index is 12.8. The summed E-state index contributed by atoms with van der Waals surface area (Å²) < 4.78 is 12.8. The summed E-state index contributed by atoms with van der Waals surface area (Å²) in [6.07, 6.45) is 0.391. The van der Waals surface area contributed by atoms with Gasteiger partial charge in [0.15, 0.2) is 0 Å². The third-order valence-electron chi connectivity index (χ3n) is 2.09. The molecule has 16 heavy (non-hydrogen) atoms. The molecule has 0 heterocycles. The summed E-state index contributed by atoms with van der Waals surface area (Å²) in [4.78, 5) is 12.8. The monoisotopic (exact) mass is 244 g/mol. The van der Waals surface area contributed by atoms with Crippen LogP contribution in [-0.2, 0) is 4.79 Å². The number of nitrogens with zero attached hydrogens (tertiary/aromatic N) is 1. The van der Waals surface area contributed by atoms with Gasteiger partial charge in [0.05, 0.1) is 5.02 Å². The van der Waals surface area contributed by atoms with Gasteiger partial charge in [-0.1, -0.05) is 11.6 Å². The van der Waals surface area contributed by atoms with Crippen molar-refractivity contribution < 1.29 is 9.18 Å². The van der Waals surface area contributed by atoms with Crippen LogP contribution in [0.1, 0.15) is 6.42 Å². The van der Waals surface area contributed by atoms with Gasteiger partial charge in [0.2, 0.25) is 5.91 Å². The number of halogens is 2. The molecule has 3 nitrogen and oxygen atoms in total. The molecule has 0 saturated heterocycles. The van der Waals surface area contributed by atoms with Crippen molar-refractivity contribution >= 4 is 23.2 Å². The van der Waals surface area contributed by atoms with Crippen LogP contribution in [0, 0.1) is 5.82 Å². The normalized spacial score (nSPS) is 10.0. The number of hydrogen-bond donors (Lipinski definition) is 1. The molecule has 0 atom stereocenters. The average Bonchev–Trinajstić information content (AvgIpc) is 2.23. The van der Waals surface area contributed by atoms with Gasteiger partial charge in [0.1, 0.15) is 5.82 Å². The van der Waals surface area contributed by atoms with Gasteiger partial charge in [-0.25, -0.2) is 4.39 Å². The van der Waals surface area contributed by atoms with Crippen LogP contribution in [0.2, 0.25) is 5.02 Å². The topological polar surface area (TPSA) is 32.3 Å². The quantitative estimate of drug-likeness (QED) is 0.882. The maximum Gasteiger partial charge on any atom is 0.223 e. The molecule has 0 bridgehead atoms. The highest BCUT2D eigenvalue weighted by Crippen LogP contribution is 2.19. The fourth-order valence-corrected chi connectivity index (χ4v) is 1.32. The molecule has 5 heteroatoms. The number of carbonyl (C=O) groups excluding carboxylic acids is 1. The third kappa shape index (κ3) is 3.70. The van der Waals surface area contributed by atoms with Crippen molar-refractivity contribution in [2.24, 2.45) is 0 Å². The summed E-state index contributed by atoms with van der Waals surface area (Å²) in [6.45, 7) is 0.499. The molecule has 1 aromatic rings.